The summed E-state index contributed by atoms with van der Waals surface area (Å²) in [6.45, 7) is 2.32. The van der Waals surface area contributed by atoms with Gasteiger partial charge in [-0.2, -0.15) is 13.2 Å². The average Bonchev–Trinajstić information content (AvgIpc) is 2.54. The number of alkyl halides is 3. The van der Waals surface area contributed by atoms with Gasteiger partial charge in [0.1, 0.15) is 11.3 Å². The maximum atomic E-state index is 12.5. The summed E-state index contributed by atoms with van der Waals surface area (Å²) in [6, 6.07) is 11.3. The van der Waals surface area contributed by atoms with Crippen LogP contribution < -0.4 is 10.9 Å². The number of amides is 1. The summed E-state index contributed by atoms with van der Waals surface area (Å²) in [5, 5.41) is 2.56. The topological polar surface area (TPSA) is 62.0 Å². The van der Waals surface area contributed by atoms with Crippen LogP contribution >= 0.6 is 0 Å². The van der Waals surface area contributed by atoms with Crippen LogP contribution in [0.15, 0.2) is 47.3 Å². The van der Waals surface area contributed by atoms with Gasteiger partial charge in [0.05, 0.1) is 0 Å². The minimum Gasteiger partial charge on any atom is -0.352 e. The van der Waals surface area contributed by atoms with Crippen LogP contribution in [-0.4, -0.2) is 17.4 Å². The highest BCUT2D eigenvalue weighted by Crippen LogP contribution is 2.26. The maximum absolute atomic E-state index is 12.5. The van der Waals surface area contributed by atoms with Crippen molar-refractivity contribution in [3.63, 3.8) is 0 Å². The SMILES string of the molecule is C[C@H](CCNC(=O)c1ccc(C(F)(F)F)[nH]c1=O)c1ccccc1. The summed E-state index contributed by atoms with van der Waals surface area (Å²) < 4.78 is 37.4. The van der Waals surface area contributed by atoms with Crippen molar-refractivity contribution in [1.29, 1.82) is 0 Å². The smallest absolute Gasteiger partial charge is 0.352 e. The molecule has 0 saturated heterocycles. The van der Waals surface area contributed by atoms with Crippen LogP contribution in [0.3, 0.4) is 0 Å². The van der Waals surface area contributed by atoms with Gasteiger partial charge in [0.15, 0.2) is 0 Å². The van der Waals surface area contributed by atoms with E-state index in [2.05, 4.69) is 5.32 Å². The van der Waals surface area contributed by atoms with E-state index in [1.165, 1.54) is 0 Å². The van der Waals surface area contributed by atoms with Gasteiger partial charge >= 0.3 is 6.18 Å². The molecule has 1 aromatic carbocycles. The Bertz CT molecular complexity index is 754. The monoisotopic (exact) mass is 338 g/mol. The number of H-pyrrole nitrogens is 1. The molecule has 2 N–H and O–H groups in total. The van der Waals surface area contributed by atoms with E-state index < -0.39 is 23.3 Å². The first-order valence-electron chi connectivity index (χ1n) is 7.42. The molecule has 1 atom stereocenters. The highest BCUT2D eigenvalue weighted by atomic mass is 19.4. The van der Waals surface area contributed by atoms with Crippen molar-refractivity contribution in [2.24, 2.45) is 0 Å². The molecule has 1 amide bonds. The summed E-state index contributed by atoms with van der Waals surface area (Å²) in [4.78, 5) is 25.2. The molecule has 4 nitrogen and oxygen atoms in total. The number of carbonyl (C=O) groups is 1. The number of rotatable bonds is 5. The average molecular weight is 338 g/mol. The number of hydrogen-bond donors (Lipinski definition) is 2. The fourth-order valence-electron chi connectivity index (χ4n) is 2.26. The Balaban J connectivity index is 1.95. The molecule has 24 heavy (non-hydrogen) atoms. The molecule has 0 aliphatic heterocycles. The summed E-state index contributed by atoms with van der Waals surface area (Å²) >= 11 is 0. The summed E-state index contributed by atoms with van der Waals surface area (Å²) in [6.07, 6.45) is -4.01. The molecule has 0 radical (unpaired) electrons. The Morgan fingerprint density at radius 2 is 1.83 bits per heavy atom. The van der Waals surface area contributed by atoms with Gasteiger partial charge in [-0.1, -0.05) is 37.3 Å². The minimum atomic E-state index is -4.65. The summed E-state index contributed by atoms with van der Waals surface area (Å²) in [7, 11) is 0. The Labute approximate surface area is 136 Å². The summed E-state index contributed by atoms with van der Waals surface area (Å²) in [5.41, 5.74) is -1.45. The number of aromatic nitrogens is 1. The highest BCUT2D eigenvalue weighted by Gasteiger charge is 2.32. The second-order valence-corrected chi connectivity index (χ2v) is 5.47. The van der Waals surface area contributed by atoms with Gasteiger partial charge < -0.3 is 10.3 Å². The molecule has 0 unspecified atom stereocenters. The second-order valence-electron chi connectivity index (χ2n) is 5.47. The van der Waals surface area contributed by atoms with Crippen molar-refractivity contribution in [3.05, 3.63) is 69.6 Å². The lowest BCUT2D eigenvalue weighted by Crippen LogP contribution is -2.31. The molecular formula is C17H17F3N2O2. The second kappa shape index (κ2) is 7.33. The lowest BCUT2D eigenvalue weighted by Gasteiger charge is -2.12. The Morgan fingerprint density at radius 1 is 1.17 bits per heavy atom. The predicted octanol–water partition coefficient (Wildman–Crippen LogP) is 3.32. The van der Waals surface area contributed by atoms with Crippen LogP contribution in [0.5, 0.6) is 0 Å². The van der Waals surface area contributed by atoms with E-state index in [1.54, 1.807) is 4.98 Å². The van der Waals surface area contributed by atoms with Crippen LogP contribution in [-0.2, 0) is 6.18 Å². The van der Waals surface area contributed by atoms with E-state index in [0.29, 0.717) is 19.0 Å². The molecule has 0 spiro atoms. The third-order valence-electron chi connectivity index (χ3n) is 3.69. The molecule has 2 aromatic rings. The van der Waals surface area contributed by atoms with E-state index in [9.17, 15) is 22.8 Å². The fourth-order valence-corrected chi connectivity index (χ4v) is 2.26. The Morgan fingerprint density at radius 3 is 2.42 bits per heavy atom. The van der Waals surface area contributed by atoms with Crippen molar-refractivity contribution in [2.45, 2.75) is 25.4 Å². The van der Waals surface area contributed by atoms with Gasteiger partial charge in [0.2, 0.25) is 0 Å². The van der Waals surface area contributed by atoms with Gasteiger partial charge in [-0.15, -0.1) is 0 Å². The van der Waals surface area contributed by atoms with E-state index in [1.807, 2.05) is 37.3 Å². The number of carbonyl (C=O) groups excluding carboxylic acids is 1. The van der Waals surface area contributed by atoms with E-state index in [0.717, 1.165) is 11.6 Å². The molecule has 128 valence electrons. The first-order chi connectivity index (χ1) is 11.3. The molecule has 0 aliphatic carbocycles. The molecule has 0 saturated carbocycles. The third-order valence-corrected chi connectivity index (χ3v) is 3.69. The van der Waals surface area contributed by atoms with Crippen molar-refractivity contribution in [1.82, 2.24) is 10.3 Å². The maximum Gasteiger partial charge on any atom is 0.431 e. The molecule has 1 aromatic heterocycles. The normalized spacial score (nSPS) is 12.7. The lowest BCUT2D eigenvalue weighted by molar-refractivity contribution is -0.141. The predicted molar refractivity (Wildman–Crippen MR) is 83.9 cm³/mol. The molecule has 1 heterocycles. The van der Waals surface area contributed by atoms with Gasteiger partial charge in [-0.3, -0.25) is 9.59 Å². The molecule has 0 fully saturated rings. The van der Waals surface area contributed by atoms with Gasteiger partial charge in [0.25, 0.3) is 11.5 Å². The number of pyridine rings is 1. The van der Waals surface area contributed by atoms with Crippen LogP contribution in [0.4, 0.5) is 13.2 Å². The quantitative estimate of drug-likeness (QED) is 0.878. The van der Waals surface area contributed by atoms with Crippen LogP contribution in [0.2, 0.25) is 0 Å². The molecule has 0 aliphatic rings. The Hall–Kier alpha value is -2.57. The largest absolute Gasteiger partial charge is 0.431 e. The van der Waals surface area contributed by atoms with E-state index >= 15 is 0 Å². The number of benzene rings is 1. The van der Waals surface area contributed by atoms with Crippen molar-refractivity contribution < 1.29 is 18.0 Å². The number of halogens is 3. The zero-order valence-electron chi connectivity index (χ0n) is 13.0. The third kappa shape index (κ3) is 4.47. The van der Waals surface area contributed by atoms with Gasteiger partial charge in [-0.25, -0.2) is 0 Å². The first kappa shape index (κ1) is 17.8. The standard InChI is InChI=1S/C17H17F3N2O2/c1-11(12-5-3-2-4-6-12)9-10-21-15(23)13-7-8-14(17(18,19)20)22-16(13)24/h2-8,11H,9-10H2,1H3,(H,21,23)(H,22,24)/t11-/m1/s1. The number of aromatic amines is 1. The Kier molecular flexibility index (Phi) is 5.43. The number of hydrogen-bond acceptors (Lipinski definition) is 2. The van der Waals surface area contributed by atoms with E-state index in [-0.39, 0.29) is 11.5 Å². The highest BCUT2D eigenvalue weighted by molar-refractivity contribution is 5.93. The zero-order chi connectivity index (χ0) is 17.7. The van der Waals surface area contributed by atoms with Crippen LogP contribution in [0, 0.1) is 0 Å². The van der Waals surface area contributed by atoms with Crippen molar-refractivity contribution in [2.75, 3.05) is 6.54 Å². The lowest BCUT2D eigenvalue weighted by atomic mass is 9.98. The molecule has 0 bridgehead atoms. The fraction of sp³-hybridized carbons (Fsp3) is 0.294. The van der Waals surface area contributed by atoms with E-state index in [4.69, 9.17) is 0 Å². The number of nitrogens with one attached hydrogen (secondary N) is 2. The molecule has 2 rings (SSSR count). The first-order valence-corrected chi connectivity index (χ1v) is 7.42. The van der Waals surface area contributed by atoms with Crippen LogP contribution in [0.25, 0.3) is 0 Å². The van der Waals surface area contributed by atoms with Crippen LogP contribution in [0.1, 0.15) is 40.9 Å². The van der Waals surface area contributed by atoms with Crippen molar-refractivity contribution in [3.8, 4) is 0 Å². The van der Waals surface area contributed by atoms with Gasteiger partial charge in [0, 0.05) is 6.54 Å². The van der Waals surface area contributed by atoms with Crippen molar-refractivity contribution >= 4 is 5.91 Å². The zero-order valence-corrected chi connectivity index (χ0v) is 13.0. The molecular weight excluding hydrogens is 321 g/mol. The molecule has 7 heteroatoms. The summed E-state index contributed by atoms with van der Waals surface area (Å²) in [5.74, 6) is -0.484. The minimum absolute atomic E-state index is 0.206. The van der Waals surface area contributed by atoms with Gasteiger partial charge in [-0.05, 0) is 30.0 Å².